The van der Waals surface area contributed by atoms with Crippen molar-refractivity contribution in [2.75, 3.05) is 26.2 Å². The maximum Gasteiger partial charge on any atom is 0.274 e. The summed E-state index contributed by atoms with van der Waals surface area (Å²) in [5.74, 6) is -1.03. The van der Waals surface area contributed by atoms with Crippen LogP contribution < -0.4 is 0 Å². The molecule has 1 saturated heterocycles. The van der Waals surface area contributed by atoms with E-state index in [2.05, 4.69) is 5.10 Å². The molecule has 154 valence electrons. The summed E-state index contributed by atoms with van der Waals surface area (Å²) in [7, 11) is 0. The molecule has 0 atom stereocenters. The van der Waals surface area contributed by atoms with Gasteiger partial charge in [-0.2, -0.15) is 5.10 Å². The fraction of sp³-hybridized carbons (Fsp3) is 0.261. The van der Waals surface area contributed by atoms with Gasteiger partial charge in [-0.3, -0.25) is 9.59 Å². The molecule has 1 aliphatic heterocycles. The number of carbonyl (C=O) groups is 2. The van der Waals surface area contributed by atoms with Crippen molar-refractivity contribution in [3.05, 3.63) is 83.4 Å². The van der Waals surface area contributed by atoms with Crippen molar-refractivity contribution in [3.8, 4) is 5.69 Å². The maximum absolute atomic E-state index is 14.0. The van der Waals surface area contributed by atoms with Crippen LogP contribution in [0.2, 0.25) is 0 Å². The monoisotopic (exact) mass is 406 g/mol. The third-order valence-corrected chi connectivity index (χ3v) is 5.28. The summed E-state index contributed by atoms with van der Waals surface area (Å²) in [6, 6.07) is 17.4. The van der Waals surface area contributed by atoms with Crippen LogP contribution in [-0.2, 0) is 0 Å². The van der Waals surface area contributed by atoms with Crippen molar-refractivity contribution >= 4 is 11.8 Å². The number of para-hydroxylation sites is 1. The van der Waals surface area contributed by atoms with E-state index in [1.54, 1.807) is 32.7 Å². The first-order valence-electron chi connectivity index (χ1n) is 10.00. The largest absolute Gasteiger partial charge is 0.337 e. The third kappa shape index (κ3) is 3.96. The van der Waals surface area contributed by atoms with Crippen LogP contribution in [-0.4, -0.2) is 57.6 Å². The number of aromatic nitrogens is 2. The van der Waals surface area contributed by atoms with Gasteiger partial charge in [-0.15, -0.1) is 0 Å². The van der Waals surface area contributed by atoms with E-state index in [4.69, 9.17) is 0 Å². The van der Waals surface area contributed by atoms with Gasteiger partial charge in [-0.1, -0.05) is 30.3 Å². The minimum atomic E-state index is -0.526. The summed E-state index contributed by atoms with van der Waals surface area (Å²) >= 11 is 0. The molecule has 0 N–H and O–H groups in total. The van der Waals surface area contributed by atoms with Crippen LogP contribution >= 0.6 is 0 Å². The molecule has 0 spiro atoms. The summed E-state index contributed by atoms with van der Waals surface area (Å²) in [6.07, 6.45) is 0.629. The molecule has 6 nitrogen and oxygen atoms in total. The van der Waals surface area contributed by atoms with Gasteiger partial charge in [0.05, 0.1) is 11.3 Å². The highest BCUT2D eigenvalue weighted by Crippen LogP contribution is 2.16. The van der Waals surface area contributed by atoms with Crippen LogP contribution in [0.5, 0.6) is 0 Å². The number of rotatable bonds is 3. The van der Waals surface area contributed by atoms with Gasteiger partial charge >= 0.3 is 0 Å². The van der Waals surface area contributed by atoms with Crippen LogP contribution in [0, 0.1) is 12.7 Å². The lowest BCUT2D eigenvalue weighted by Gasteiger charge is -2.22. The highest BCUT2D eigenvalue weighted by molar-refractivity contribution is 5.95. The second kappa shape index (κ2) is 8.49. The van der Waals surface area contributed by atoms with E-state index in [1.165, 1.54) is 12.1 Å². The summed E-state index contributed by atoms with van der Waals surface area (Å²) in [6.45, 7) is 3.66. The average molecular weight is 406 g/mol. The molecule has 3 aromatic rings. The molecule has 4 rings (SSSR count). The highest BCUT2D eigenvalue weighted by atomic mass is 19.1. The number of nitrogens with zero attached hydrogens (tertiary/aromatic N) is 4. The molecule has 0 bridgehead atoms. The van der Waals surface area contributed by atoms with E-state index in [0.717, 1.165) is 11.4 Å². The molecule has 7 heteroatoms. The zero-order valence-electron chi connectivity index (χ0n) is 16.8. The Morgan fingerprint density at radius 2 is 1.50 bits per heavy atom. The number of halogens is 1. The third-order valence-electron chi connectivity index (χ3n) is 5.28. The quantitative estimate of drug-likeness (QED) is 0.671. The number of carbonyl (C=O) groups excluding carboxylic acids is 2. The number of amides is 2. The van der Waals surface area contributed by atoms with Gasteiger partial charge in [0.25, 0.3) is 11.8 Å². The Hall–Kier alpha value is -3.48. The van der Waals surface area contributed by atoms with Gasteiger partial charge in [0, 0.05) is 31.9 Å². The Morgan fingerprint density at radius 3 is 2.20 bits per heavy atom. The molecule has 1 aromatic heterocycles. The van der Waals surface area contributed by atoms with Gasteiger partial charge < -0.3 is 9.80 Å². The Bertz CT molecular complexity index is 1060. The molecule has 30 heavy (non-hydrogen) atoms. The molecule has 0 unspecified atom stereocenters. The molecule has 0 radical (unpaired) electrons. The Kier molecular flexibility index (Phi) is 5.61. The number of hydrogen-bond donors (Lipinski definition) is 0. The lowest BCUT2D eigenvalue weighted by Crippen LogP contribution is -2.37. The standard InChI is InChI=1S/C23H23FN4O2/c1-17-16-21(25-28(17)18-8-3-2-4-9-18)23(30)27-13-7-12-26(14-15-27)22(29)19-10-5-6-11-20(19)24/h2-6,8-11,16H,7,12-15H2,1H3. The molecular weight excluding hydrogens is 383 g/mol. The first-order chi connectivity index (χ1) is 14.5. The second-order valence-electron chi connectivity index (χ2n) is 7.34. The predicted octanol–water partition coefficient (Wildman–Crippen LogP) is 3.31. The molecule has 2 amide bonds. The highest BCUT2D eigenvalue weighted by Gasteiger charge is 2.26. The number of hydrogen-bond acceptors (Lipinski definition) is 3. The summed E-state index contributed by atoms with van der Waals surface area (Å²) in [5, 5.41) is 4.49. The van der Waals surface area contributed by atoms with Gasteiger partial charge in [0.2, 0.25) is 0 Å². The molecule has 0 saturated carbocycles. The molecule has 1 fully saturated rings. The van der Waals surface area contributed by atoms with Gasteiger partial charge in [-0.05, 0) is 43.7 Å². The van der Waals surface area contributed by atoms with Crippen molar-refractivity contribution in [1.82, 2.24) is 19.6 Å². The van der Waals surface area contributed by atoms with Gasteiger partial charge in [-0.25, -0.2) is 9.07 Å². The van der Waals surface area contributed by atoms with Crippen LogP contribution in [0.4, 0.5) is 4.39 Å². The second-order valence-corrected chi connectivity index (χ2v) is 7.34. The van der Waals surface area contributed by atoms with Crippen LogP contribution in [0.3, 0.4) is 0 Å². The fourth-order valence-corrected chi connectivity index (χ4v) is 3.70. The first-order valence-corrected chi connectivity index (χ1v) is 10.00. The number of aryl methyl sites for hydroxylation is 1. The Morgan fingerprint density at radius 1 is 0.867 bits per heavy atom. The molecule has 0 aliphatic carbocycles. The van der Waals surface area contributed by atoms with E-state index >= 15 is 0 Å². The summed E-state index contributed by atoms with van der Waals surface area (Å²) in [5.41, 5.74) is 2.21. The lowest BCUT2D eigenvalue weighted by molar-refractivity contribution is 0.0713. The molecule has 2 aromatic carbocycles. The summed E-state index contributed by atoms with van der Waals surface area (Å²) in [4.78, 5) is 29.1. The van der Waals surface area contributed by atoms with E-state index in [0.29, 0.717) is 38.3 Å². The van der Waals surface area contributed by atoms with Crippen molar-refractivity contribution in [3.63, 3.8) is 0 Å². The van der Waals surface area contributed by atoms with Crippen LogP contribution in [0.25, 0.3) is 5.69 Å². The van der Waals surface area contributed by atoms with E-state index in [1.807, 2.05) is 37.3 Å². The van der Waals surface area contributed by atoms with Crippen molar-refractivity contribution in [2.24, 2.45) is 0 Å². The maximum atomic E-state index is 14.0. The minimum Gasteiger partial charge on any atom is -0.337 e. The Labute approximate surface area is 174 Å². The van der Waals surface area contributed by atoms with Crippen molar-refractivity contribution in [2.45, 2.75) is 13.3 Å². The van der Waals surface area contributed by atoms with Gasteiger partial charge in [0.1, 0.15) is 5.82 Å². The zero-order valence-corrected chi connectivity index (χ0v) is 16.8. The zero-order chi connectivity index (χ0) is 21.1. The smallest absolute Gasteiger partial charge is 0.274 e. The first kappa shape index (κ1) is 19.8. The van der Waals surface area contributed by atoms with Crippen molar-refractivity contribution in [1.29, 1.82) is 0 Å². The molecular formula is C23H23FN4O2. The van der Waals surface area contributed by atoms with E-state index in [-0.39, 0.29) is 17.4 Å². The normalized spacial score (nSPS) is 14.5. The fourth-order valence-electron chi connectivity index (χ4n) is 3.70. The predicted molar refractivity (Wildman–Crippen MR) is 111 cm³/mol. The topological polar surface area (TPSA) is 58.4 Å². The van der Waals surface area contributed by atoms with E-state index in [9.17, 15) is 14.0 Å². The van der Waals surface area contributed by atoms with Gasteiger partial charge in [0.15, 0.2) is 5.69 Å². The molecule has 1 aliphatic rings. The van der Waals surface area contributed by atoms with Crippen LogP contribution in [0.15, 0.2) is 60.7 Å². The van der Waals surface area contributed by atoms with Crippen molar-refractivity contribution < 1.29 is 14.0 Å². The van der Waals surface area contributed by atoms with Crippen LogP contribution in [0.1, 0.15) is 33.0 Å². The summed E-state index contributed by atoms with van der Waals surface area (Å²) < 4.78 is 15.7. The minimum absolute atomic E-state index is 0.0644. The number of benzene rings is 2. The SMILES string of the molecule is Cc1cc(C(=O)N2CCCN(C(=O)c3ccccc3F)CC2)nn1-c1ccccc1. The van der Waals surface area contributed by atoms with E-state index < -0.39 is 5.82 Å². The lowest BCUT2D eigenvalue weighted by atomic mass is 10.2. The Balaban J connectivity index is 1.47. The molecule has 2 heterocycles. The average Bonchev–Trinajstić information content (AvgIpc) is 2.99.